The maximum absolute atomic E-state index is 13.7. The van der Waals surface area contributed by atoms with Gasteiger partial charge < -0.3 is 9.32 Å². The fraction of sp³-hybridized carbons (Fsp3) is 0.222. The van der Waals surface area contributed by atoms with Crippen LogP contribution < -0.4 is 0 Å². The van der Waals surface area contributed by atoms with Crippen LogP contribution in [0.4, 0.5) is 0 Å². The minimum atomic E-state index is -3.18. The minimum Gasteiger partial charge on any atom is -0.451 e. The van der Waals surface area contributed by atoms with Crippen molar-refractivity contribution in [2.45, 2.75) is 25.9 Å². The fourth-order valence-corrected chi connectivity index (χ4v) is 6.85. The number of para-hydroxylation sites is 1. The first-order chi connectivity index (χ1) is 16.7. The SMILES string of the molecule is Cc1c(C(=O)N(Cc2ccc(-c3ccc(Cl)cc3Cl)cc2)C2CCS(=O)(=O)C2)oc2ccccc12. The van der Waals surface area contributed by atoms with Crippen LogP contribution in [0, 0.1) is 6.92 Å². The number of aryl methyl sites for hydroxylation is 1. The van der Waals surface area contributed by atoms with Gasteiger partial charge in [-0.05, 0) is 42.7 Å². The molecule has 0 radical (unpaired) electrons. The van der Waals surface area contributed by atoms with Crippen LogP contribution in [0.25, 0.3) is 22.1 Å². The molecule has 4 aromatic rings. The first-order valence-corrected chi connectivity index (χ1v) is 13.8. The molecule has 0 N–H and O–H groups in total. The second-order valence-corrected chi connectivity index (χ2v) is 11.9. The summed E-state index contributed by atoms with van der Waals surface area (Å²) in [5.41, 5.74) is 4.05. The molecule has 1 aliphatic rings. The lowest BCUT2D eigenvalue weighted by Gasteiger charge is -2.28. The molecule has 1 saturated heterocycles. The van der Waals surface area contributed by atoms with E-state index in [0.717, 1.165) is 27.6 Å². The topological polar surface area (TPSA) is 67.6 Å². The quantitative estimate of drug-likeness (QED) is 0.295. The van der Waals surface area contributed by atoms with Crippen LogP contribution in [0.5, 0.6) is 0 Å². The van der Waals surface area contributed by atoms with Crippen molar-refractivity contribution in [2.75, 3.05) is 11.5 Å². The van der Waals surface area contributed by atoms with Gasteiger partial charge in [0.25, 0.3) is 5.91 Å². The average Bonchev–Trinajstić information content (AvgIpc) is 3.37. The Morgan fingerprint density at radius 1 is 1.06 bits per heavy atom. The lowest BCUT2D eigenvalue weighted by molar-refractivity contribution is 0.0649. The highest BCUT2D eigenvalue weighted by molar-refractivity contribution is 7.91. The first kappa shape index (κ1) is 23.9. The monoisotopic (exact) mass is 527 g/mol. The number of carbonyl (C=O) groups is 1. The molecule has 1 aromatic heterocycles. The van der Waals surface area contributed by atoms with Gasteiger partial charge in [-0.15, -0.1) is 0 Å². The maximum atomic E-state index is 13.7. The van der Waals surface area contributed by atoms with E-state index in [1.165, 1.54) is 0 Å². The van der Waals surface area contributed by atoms with Gasteiger partial charge in [-0.1, -0.05) is 71.7 Å². The fourth-order valence-electron chi connectivity index (χ4n) is 4.61. The van der Waals surface area contributed by atoms with Crippen LogP contribution >= 0.6 is 23.2 Å². The van der Waals surface area contributed by atoms with Crippen molar-refractivity contribution in [3.8, 4) is 11.1 Å². The standard InChI is InChI=1S/C27H23Cl2NO4S/c1-17-22-4-2-3-5-25(22)34-26(17)27(31)30(21-12-13-35(32,33)16-21)15-18-6-8-19(9-7-18)23-11-10-20(28)14-24(23)29/h2-11,14,21H,12-13,15-16H2,1H3. The number of sulfone groups is 1. The Hall–Kier alpha value is -2.80. The van der Waals surface area contributed by atoms with E-state index in [1.54, 1.807) is 17.0 Å². The summed E-state index contributed by atoms with van der Waals surface area (Å²) in [6, 6.07) is 20.1. The highest BCUT2D eigenvalue weighted by Gasteiger charge is 2.36. The number of hydrogen-bond donors (Lipinski definition) is 0. The zero-order valence-electron chi connectivity index (χ0n) is 19.0. The second-order valence-electron chi connectivity index (χ2n) is 8.86. The van der Waals surface area contributed by atoms with Gasteiger partial charge in [0, 0.05) is 39.1 Å². The van der Waals surface area contributed by atoms with Crippen LogP contribution in [0.2, 0.25) is 10.0 Å². The lowest BCUT2D eigenvalue weighted by Crippen LogP contribution is -2.40. The maximum Gasteiger partial charge on any atom is 0.290 e. The molecule has 0 saturated carbocycles. The number of hydrogen-bond acceptors (Lipinski definition) is 4. The highest BCUT2D eigenvalue weighted by Crippen LogP contribution is 2.32. The largest absolute Gasteiger partial charge is 0.451 e. The van der Waals surface area contributed by atoms with Crippen molar-refractivity contribution < 1.29 is 17.6 Å². The average molecular weight is 528 g/mol. The minimum absolute atomic E-state index is 0.0452. The summed E-state index contributed by atoms with van der Waals surface area (Å²) in [5, 5.41) is 1.99. The van der Waals surface area contributed by atoms with Gasteiger partial charge in [0.15, 0.2) is 15.6 Å². The molecular weight excluding hydrogens is 505 g/mol. The number of benzene rings is 3. The second kappa shape index (κ2) is 9.34. The van der Waals surface area contributed by atoms with Gasteiger partial charge in [0.1, 0.15) is 5.58 Å². The molecule has 0 bridgehead atoms. The van der Waals surface area contributed by atoms with Crippen molar-refractivity contribution in [1.82, 2.24) is 4.90 Å². The van der Waals surface area contributed by atoms with Crippen LogP contribution in [0.15, 0.2) is 71.1 Å². The Morgan fingerprint density at radius 2 is 1.80 bits per heavy atom. The van der Waals surface area contributed by atoms with Gasteiger partial charge in [-0.2, -0.15) is 0 Å². The molecule has 5 nitrogen and oxygen atoms in total. The van der Waals surface area contributed by atoms with Crippen LogP contribution in [0.1, 0.15) is 28.1 Å². The summed E-state index contributed by atoms with van der Waals surface area (Å²) < 4.78 is 30.4. The Kier molecular flexibility index (Phi) is 6.38. The van der Waals surface area contributed by atoms with E-state index < -0.39 is 15.9 Å². The van der Waals surface area contributed by atoms with E-state index in [0.29, 0.717) is 22.0 Å². The molecule has 1 fully saturated rings. The number of furan rings is 1. The van der Waals surface area contributed by atoms with Crippen LogP contribution in [-0.4, -0.2) is 36.8 Å². The van der Waals surface area contributed by atoms with Gasteiger partial charge in [-0.25, -0.2) is 8.42 Å². The molecule has 1 unspecified atom stereocenters. The molecule has 0 spiro atoms. The number of halogens is 2. The molecule has 35 heavy (non-hydrogen) atoms. The van der Waals surface area contributed by atoms with E-state index in [1.807, 2.05) is 61.5 Å². The Bertz CT molecular complexity index is 1530. The number of rotatable bonds is 5. The number of nitrogens with zero attached hydrogens (tertiary/aromatic N) is 1. The molecule has 0 aliphatic carbocycles. The molecular formula is C27H23Cl2NO4S. The van der Waals surface area contributed by atoms with Crippen molar-refractivity contribution in [2.24, 2.45) is 0 Å². The third-order valence-electron chi connectivity index (χ3n) is 6.50. The Labute approximate surface area is 214 Å². The van der Waals surface area contributed by atoms with E-state index >= 15 is 0 Å². The third kappa shape index (κ3) is 4.83. The molecule has 3 aromatic carbocycles. The smallest absolute Gasteiger partial charge is 0.290 e. The van der Waals surface area contributed by atoms with Crippen molar-refractivity contribution in [3.63, 3.8) is 0 Å². The summed E-state index contributed by atoms with van der Waals surface area (Å²) >= 11 is 12.4. The van der Waals surface area contributed by atoms with Crippen molar-refractivity contribution >= 4 is 49.9 Å². The number of carbonyl (C=O) groups excluding carboxylic acids is 1. The van der Waals surface area contributed by atoms with E-state index in [-0.39, 0.29) is 29.7 Å². The predicted molar refractivity (Wildman–Crippen MR) is 140 cm³/mol. The summed E-state index contributed by atoms with van der Waals surface area (Å²) in [5.74, 6) is -0.0175. The van der Waals surface area contributed by atoms with Crippen molar-refractivity contribution in [3.05, 3.63) is 93.7 Å². The summed E-state index contributed by atoms with van der Waals surface area (Å²) in [6.45, 7) is 2.12. The molecule has 2 heterocycles. The number of fused-ring (bicyclic) bond motifs is 1. The van der Waals surface area contributed by atoms with E-state index in [9.17, 15) is 13.2 Å². The summed E-state index contributed by atoms with van der Waals surface area (Å²) in [7, 11) is -3.18. The Balaban J connectivity index is 1.47. The number of amides is 1. The third-order valence-corrected chi connectivity index (χ3v) is 8.80. The normalized spacial score (nSPS) is 17.1. The van der Waals surface area contributed by atoms with Gasteiger partial charge in [0.2, 0.25) is 0 Å². The van der Waals surface area contributed by atoms with Gasteiger partial charge in [0.05, 0.1) is 11.5 Å². The Morgan fingerprint density at radius 3 is 2.46 bits per heavy atom. The van der Waals surface area contributed by atoms with Crippen molar-refractivity contribution in [1.29, 1.82) is 0 Å². The van der Waals surface area contributed by atoms with Crippen LogP contribution in [-0.2, 0) is 16.4 Å². The predicted octanol–water partition coefficient (Wildman–Crippen LogP) is 6.54. The molecule has 1 amide bonds. The molecule has 1 aliphatic heterocycles. The molecule has 1 atom stereocenters. The molecule has 5 rings (SSSR count). The lowest BCUT2D eigenvalue weighted by atomic mass is 10.0. The zero-order chi connectivity index (χ0) is 24.7. The van der Waals surface area contributed by atoms with Crippen LogP contribution in [0.3, 0.4) is 0 Å². The summed E-state index contributed by atoms with van der Waals surface area (Å²) in [6.07, 6.45) is 0.409. The first-order valence-electron chi connectivity index (χ1n) is 11.3. The highest BCUT2D eigenvalue weighted by atomic mass is 35.5. The van der Waals surface area contributed by atoms with E-state index in [2.05, 4.69) is 0 Å². The summed E-state index contributed by atoms with van der Waals surface area (Å²) in [4.78, 5) is 15.3. The van der Waals surface area contributed by atoms with Gasteiger partial charge >= 0.3 is 0 Å². The zero-order valence-corrected chi connectivity index (χ0v) is 21.3. The molecule has 180 valence electrons. The molecule has 8 heteroatoms. The van der Waals surface area contributed by atoms with E-state index in [4.69, 9.17) is 27.6 Å². The van der Waals surface area contributed by atoms with Gasteiger partial charge in [-0.3, -0.25) is 4.79 Å².